The maximum atomic E-state index is 14.0. The number of nitrogens with zero attached hydrogens (tertiary/aromatic N) is 3. The second kappa shape index (κ2) is 9.52. The van der Waals surface area contributed by atoms with E-state index in [0.29, 0.717) is 35.4 Å². The van der Waals surface area contributed by atoms with E-state index in [1.54, 1.807) is 36.7 Å². The van der Waals surface area contributed by atoms with Gasteiger partial charge in [0.15, 0.2) is 0 Å². The summed E-state index contributed by atoms with van der Waals surface area (Å²) in [5.74, 6) is 0.0381. The third-order valence-corrected chi connectivity index (χ3v) is 4.46. The lowest BCUT2D eigenvalue weighted by molar-refractivity contribution is -0.387. The molecule has 0 fully saturated rings. The van der Waals surface area contributed by atoms with E-state index in [1.807, 2.05) is 30.3 Å². The number of nitrogens with one attached hydrogen (secondary N) is 2. The highest BCUT2D eigenvalue weighted by Crippen LogP contribution is 2.32. The van der Waals surface area contributed by atoms with Crippen molar-refractivity contribution >= 4 is 28.7 Å². The van der Waals surface area contributed by atoms with E-state index in [-0.39, 0.29) is 0 Å². The summed E-state index contributed by atoms with van der Waals surface area (Å²) >= 11 is 0. The summed E-state index contributed by atoms with van der Waals surface area (Å²) in [5.41, 5.74) is 2.01. The van der Waals surface area contributed by atoms with Crippen LogP contribution in [0.4, 0.5) is 33.1 Å². The van der Waals surface area contributed by atoms with Gasteiger partial charge in [-0.05, 0) is 35.9 Å². The SMILES string of the molecule is O=[N+]([O-])c1ccc(Nc2ccc(OCc3ccccc3)c(Nc3ncccn3)c2)cc1F. The lowest BCUT2D eigenvalue weighted by Crippen LogP contribution is -2.02. The minimum Gasteiger partial charge on any atom is -0.487 e. The van der Waals surface area contributed by atoms with Crippen LogP contribution in [0.15, 0.2) is 85.2 Å². The van der Waals surface area contributed by atoms with Gasteiger partial charge in [0.25, 0.3) is 0 Å². The van der Waals surface area contributed by atoms with Gasteiger partial charge < -0.3 is 15.4 Å². The van der Waals surface area contributed by atoms with Gasteiger partial charge in [-0.15, -0.1) is 0 Å². The molecular weight excluding hydrogens is 413 g/mol. The van der Waals surface area contributed by atoms with Crippen molar-refractivity contribution in [1.82, 2.24) is 9.97 Å². The summed E-state index contributed by atoms with van der Waals surface area (Å²) in [6.45, 7) is 0.367. The number of aromatic nitrogens is 2. The Morgan fingerprint density at radius 3 is 2.34 bits per heavy atom. The monoisotopic (exact) mass is 431 g/mol. The molecule has 0 bridgehead atoms. The summed E-state index contributed by atoms with van der Waals surface area (Å²) < 4.78 is 19.9. The van der Waals surface area contributed by atoms with Gasteiger partial charge >= 0.3 is 5.69 Å². The van der Waals surface area contributed by atoms with Crippen molar-refractivity contribution in [2.75, 3.05) is 10.6 Å². The van der Waals surface area contributed by atoms with Gasteiger partial charge in [-0.25, -0.2) is 9.97 Å². The topological polar surface area (TPSA) is 102 Å². The van der Waals surface area contributed by atoms with E-state index in [1.165, 1.54) is 6.07 Å². The normalized spacial score (nSPS) is 10.4. The fraction of sp³-hybridized carbons (Fsp3) is 0.0435. The number of hydrogen-bond acceptors (Lipinski definition) is 7. The van der Waals surface area contributed by atoms with Crippen molar-refractivity contribution in [3.63, 3.8) is 0 Å². The van der Waals surface area contributed by atoms with E-state index >= 15 is 0 Å². The highest BCUT2D eigenvalue weighted by molar-refractivity contribution is 5.72. The second-order valence-electron chi connectivity index (χ2n) is 6.73. The maximum Gasteiger partial charge on any atom is 0.304 e. The molecule has 0 saturated heterocycles. The van der Waals surface area contributed by atoms with E-state index in [4.69, 9.17) is 4.74 Å². The number of rotatable bonds is 8. The number of benzene rings is 3. The van der Waals surface area contributed by atoms with Crippen molar-refractivity contribution < 1.29 is 14.1 Å². The minimum absolute atomic E-state index is 0.367. The molecule has 0 spiro atoms. The Labute approximate surface area is 182 Å². The predicted molar refractivity (Wildman–Crippen MR) is 119 cm³/mol. The van der Waals surface area contributed by atoms with Gasteiger partial charge in [0.2, 0.25) is 11.8 Å². The zero-order valence-electron chi connectivity index (χ0n) is 16.7. The number of anilines is 4. The fourth-order valence-electron chi connectivity index (χ4n) is 2.95. The number of ether oxygens (including phenoxy) is 1. The standard InChI is InChI=1S/C23H18FN5O3/c24-19-13-17(7-9-21(19)29(30)31)27-18-8-10-22(32-15-16-5-2-1-3-6-16)20(14-18)28-23-25-11-4-12-26-23/h1-14,27H,15H2,(H,25,26,28). The molecule has 0 aliphatic heterocycles. The molecule has 4 aromatic rings. The Morgan fingerprint density at radius 2 is 1.62 bits per heavy atom. The third kappa shape index (κ3) is 5.14. The number of nitro groups is 1. The molecule has 3 aromatic carbocycles. The van der Waals surface area contributed by atoms with Crippen molar-refractivity contribution in [2.24, 2.45) is 0 Å². The first-order valence-corrected chi connectivity index (χ1v) is 9.64. The van der Waals surface area contributed by atoms with Gasteiger partial charge in [0.05, 0.1) is 10.6 Å². The molecule has 8 nitrogen and oxygen atoms in total. The largest absolute Gasteiger partial charge is 0.487 e. The molecule has 0 aliphatic rings. The minimum atomic E-state index is -0.918. The molecule has 9 heteroatoms. The summed E-state index contributed by atoms with van der Waals surface area (Å²) in [6.07, 6.45) is 3.23. The van der Waals surface area contributed by atoms with Crippen LogP contribution in [0.1, 0.15) is 5.56 Å². The maximum absolute atomic E-state index is 14.0. The van der Waals surface area contributed by atoms with Crippen molar-refractivity contribution in [3.8, 4) is 5.75 Å². The van der Waals surface area contributed by atoms with E-state index in [9.17, 15) is 14.5 Å². The van der Waals surface area contributed by atoms with Gasteiger partial charge in [-0.3, -0.25) is 10.1 Å². The van der Waals surface area contributed by atoms with Crippen LogP contribution in [-0.4, -0.2) is 14.9 Å². The van der Waals surface area contributed by atoms with Crippen molar-refractivity contribution in [2.45, 2.75) is 6.61 Å². The Morgan fingerprint density at radius 1 is 0.906 bits per heavy atom. The molecule has 0 radical (unpaired) electrons. The highest BCUT2D eigenvalue weighted by Gasteiger charge is 2.14. The molecule has 1 heterocycles. The molecule has 32 heavy (non-hydrogen) atoms. The average Bonchev–Trinajstić information content (AvgIpc) is 2.80. The van der Waals surface area contributed by atoms with Crippen LogP contribution in [0.2, 0.25) is 0 Å². The van der Waals surface area contributed by atoms with Crippen molar-refractivity contribution in [3.05, 3.63) is 107 Å². The van der Waals surface area contributed by atoms with Gasteiger partial charge in [-0.2, -0.15) is 4.39 Å². The predicted octanol–water partition coefficient (Wildman–Crippen LogP) is 5.59. The van der Waals surface area contributed by atoms with Crippen LogP contribution < -0.4 is 15.4 Å². The Bertz CT molecular complexity index is 1220. The molecule has 160 valence electrons. The third-order valence-electron chi connectivity index (χ3n) is 4.46. The Hall–Kier alpha value is -4.53. The average molecular weight is 431 g/mol. The first-order valence-electron chi connectivity index (χ1n) is 9.64. The van der Waals surface area contributed by atoms with Crippen LogP contribution in [0, 0.1) is 15.9 Å². The zero-order valence-corrected chi connectivity index (χ0v) is 16.7. The van der Waals surface area contributed by atoms with Crippen LogP contribution >= 0.6 is 0 Å². The fourth-order valence-corrected chi connectivity index (χ4v) is 2.95. The van der Waals surface area contributed by atoms with Gasteiger partial charge in [0, 0.05) is 35.9 Å². The summed E-state index contributed by atoms with van der Waals surface area (Å²) in [6, 6.07) is 20.4. The van der Waals surface area contributed by atoms with E-state index < -0.39 is 16.4 Å². The van der Waals surface area contributed by atoms with E-state index in [0.717, 1.165) is 17.7 Å². The smallest absolute Gasteiger partial charge is 0.304 e. The number of hydrogen-bond donors (Lipinski definition) is 2. The van der Waals surface area contributed by atoms with E-state index in [2.05, 4.69) is 20.6 Å². The molecule has 0 aliphatic carbocycles. The Balaban J connectivity index is 1.59. The second-order valence-corrected chi connectivity index (χ2v) is 6.73. The van der Waals surface area contributed by atoms with Crippen LogP contribution in [0.25, 0.3) is 0 Å². The molecule has 4 rings (SSSR count). The summed E-state index contributed by atoms with van der Waals surface area (Å²) in [5, 5.41) is 17.0. The molecule has 0 atom stereocenters. The molecule has 0 unspecified atom stereocenters. The lowest BCUT2D eigenvalue weighted by Gasteiger charge is -2.15. The molecular formula is C23H18FN5O3. The van der Waals surface area contributed by atoms with Gasteiger partial charge in [-0.1, -0.05) is 30.3 Å². The van der Waals surface area contributed by atoms with Crippen LogP contribution in [0.3, 0.4) is 0 Å². The van der Waals surface area contributed by atoms with Crippen LogP contribution in [0.5, 0.6) is 5.75 Å². The van der Waals surface area contributed by atoms with Crippen molar-refractivity contribution in [1.29, 1.82) is 0 Å². The quantitative estimate of drug-likeness (QED) is 0.277. The number of nitro benzene ring substituents is 1. The first-order chi connectivity index (χ1) is 15.6. The molecule has 0 amide bonds. The lowest BCUT2D eigenvalue weighted by atomic mass is 10.2. The summed E-state index contributed by atoms with van der Waals surface area (Å²) in [4.78, 5) is 18.4. The number of halogens is 1. The van der Waals surface area contributed by atoms with Crippen LogP contribution in [-0.2, 0) is 6.61 Å². The molecule has 0 saturated carbocycles. The Kier molecular flexibility index (Phi) is 6.17. The molecule has 1 aromatic heterocycles. The summed E-state index contributed by atoms with van der Waals surface area (Å²) in [7, 11) is 0. The van der Waals surface area contributed by atoms with Gasteiger partial charge in [0.1, 0.15) is 12.4 Å². The zero-order chi connectivity index (χ0) is 22.3. The molecule has 2 N–H and O–H groups in total. The highest BCUT2D eigenvalue weighted by atomic mass is 19.1. The first kappa shape index (κ1) is 20.7.